The highest BCUT2D eigenvalue weighted by Gasteiger charge is 2.36. The summed E-state index contributed by atoms with van der Waals surface area (Å²) >= 11 is 0. The molecule has 0 spiro atoms. The fraction of sp³-hybridized carbons (Fsp3) is 0.769. The van der Waals surface area contributed by atoms with Gasteiger partial charge in [0.25, 0.3) is 0 Å². The Morgan fingerprint density at radius 3 is 2.50 bits per heavy atom. The van der Waals surface area contributed by atoms with Crippen LogP contribution in [0.5, 0.6) is 0 Å². The standard InChI is InChI=1S/C13H21NO6/c1-13(2,3)20-12(17)14-5-6-19-8-9(14)10(15)7-11(16)18-4/h9H,5-8H2,1-4H3. The van der Waals surface area contributed by atoms with Gasteiger partial charge in [-0.2, -0.15) is 0 Å². The lowest BCUT2D eigenvalue weighted by Crippen LogP contribution is -2.54. The summed E-state index contributed by atoms with van der Waals surface area (Å²) in [5, 5.41) is 0. The molecular formula is C13H21NO6. The van der Waals surface area contributed by atoms with Crippen LogP contribution in [-0.4, -0.2) is 61.3 Å². The van der Waals surface area contributed by atoms with E-state index in [0.717, 1.165) is 0 Å². The summed E-state index contributed by atoms with van der Waals surface area (Å²) in [4.78, 5) is 36.5. The smallest absolute Gasteiger partial charge is 0.411 e. The largest absolute Gasteiger partial charge is 0.469 e. The van der Waals surface area contributed by atoms with Crippen molar-refractivity contribution in [3.63, 3.8) is 0 Å². The summed E-state index contributed by atoms with van der Waals surface area (Å²) in [6.07, 6.45) is -0.965. The maximum atomic E-state index is 12.1. The first-order chi connectivity index (χ1) is 9.24. The van der Waals surface area contributed by atoms with Gasteiger partial charge in [-0.3, -0.25) is 14.5 Å². The third-order valence-corrected chi connectivity index (χ3v) is 2.67. The fourth-order valence-electron chi connectivity index (χ4n) is 1.74. The first-order valence-electron chi connectivity index (χ1n) is 6.41. The van der Waals surface area contributed by atoms with Crippen LogP contribution >= 0.6 is 0 Å². The number of hydrogen-bond acceptors (Lipinski definition) is 6. The highest BCUT2D eigenvalue weighted by Crippen LogP contribution is 2.16. The van der Waals surface area contributed by atoms with Crippen molar-refractivity contribution < 1.29 is 28.6 Å². The molecule has 1 aliphatic heterocycles. The van der Waals surface area contributed by atoms with E-state index in [1.165, 1.54) is 12.0 Å². The van der Waals surface area contributed by atoms with Gasteiger partial charge < -0.3 is 14.2 Å². The number of carbonyl (C=O) groups excluding carboxylic acids is 3. The van der Waals surface area contributed by atoms with Crippen LogP contribution < -0.4 is 0 Å². The Balaban J connectivity index is 2.73. The minimum Gasteiger partial charge on any atom is -0.469 e. The fourth-order valence-corrected chi connectivity index (χ4v) is 1.74. The van der Waals surface area contributed by atoms with Crippen LogP contribution in [0, 0.1) is 0 Å². The minimum absolute atomic E-state index is 0.0646. The van der Waals surface area contributed by atoms with Gasteiger partial charge in [0, 0.05) is 6.54 Å². The van der Waals surface area contributed by atoms with Crippen molar-refractivity contribution in [3.8, 4) is 0 Å². The topological polar surface area (TPSA) is 82.1 Å². The highest BCUT2D eigenvalue weighted by atomic mass is 16.6. The molecule has 1 amide bonds. The molecule has 0 aromatic carbocycles. The van der Waals surface area contributed by atoms with Crippen molar-refractivity contribution in [2.45, 2.75) is 38.8 Å². The van der Waals surface area contributed by atoms with E-state index in [9.17, 15) is 14.4 Å². The number of methoxy groups -OCH3 is 1. The van der Waals surface area contributed by atoms with E-state index in [2.05, 4.69) is 4.74 Å². The minimum atomic E-state index is -0.808. The normalized spacial score (nSPS) is 19.4. The quantitative estimate of drug-likeness (QED) is 0.563. The molecule has 0 aromatic rings. The Kier molecular flexibility index (Phi) is 5.50. The van der Waals surface area contributed by atoms with E-state index < -0.39 is 29.5 Å². The molecule has 1 atom stereocenters. The summed E-state index contributed by atoms with van der Waals surface area (Å²) in [5.41, 5.74) is -0.647. The third-order valence-electron chi connectivity index (χ3n) is 2.67. The Hall–Kier alpha value is -1.63. The molecule has 0 aromatic heterocycles. The number of morpholine rings is 1. The zero-order valence-electron chi connectivity index (χ0n) is 12.3. The van der Waals surface area contributed by atoms with Gasteiger partial charge >= 0.3 is 12.1 Å². The zero-order chi connectivity index (χ0) is 15.3. The van der Waals surface area contributed by atoms with E-state index in [0.29, 0.717) is 6.61 Å². The number of hydrogen-bond donors (Lipinski definition) is 0. The lowest BCUT2D eigenvalue weighted by atomic mass is 10.1. The molecule has 0 radical (unpaired) electrons. The van der Waals surface area contributed by atoms with Crippen LogP contribution in [0.4, 0.5) is 4.79 Å². The predicted molar refractivity (Wildman–Crippen MR) is 69.2 cm³/mol. The Morgan fingerprint density at radius 2 is 1.95 bits per heavy atom. The molecule has 1 heterocycles. The Morgan fingerprint density at radius 1 is 1.30 bits per heavy atom. The second-order valence-electron chi connectivity index (χ2n) is 5.48. The van der Waals surface area contributed by atoms with Crippen LogP contribution in [0.1, 0.15) is 27.2 Å². The number of carbonyl (C=O) groups is 3. The van der Waals surface area contributed by atoms with Gasteiger partial charge in [0.15, 0.2) is 5.78 Å². The van der Waals surface area contributed by atoms with Crippen molar-refractivity contribution in [2.24, 2.45) is 0 Å². The number of ether oxygens (including phenoxy) is 3. The summed E-state index contributed by atoms with van der Waals surface area (Å²) in [7, 11) is 1.21. The number of ketones is 1. The molecule has 0 saturated carbocycles. The van der Waals surface area contributed by atoms with Gasteiger partial charge in [0.1, 0.15) is 18.1 Å². The molecule has 1 aliphatic rings. The van der Waals surface area contributed by atoms with E-state index >= 15 is 0 Å². The third kappa shape index (κ3) is 4.80. The molecule has 7 nitrogen and oxygen atoms in total. The number of esters is 1. The number of Topliss-reactive ketones (excluding diaryl/α,β-unsaturated/α-hetero) is 1. The van der Waals surface area contributed by atoms with Crippen molar-refractivity contribution in [2.75, 3.05) is 26.9 Å². The second-order valence-corrected chi connectivity index (χ2v) is 5.48. The van der Waals surface area contributed by atoms with Gasteiger partial charge in [-0.15, -0.1) is 0 Å². The van der Waals surface area contributed by atoms with Crippen LogP contribution in [0.15, 0.2) is 0 Å². The van der Waals surface area contributed by atoms with Crippen molar-refractivity contribution >= 4 is 17.8 Å². The number of rotatable bonds is 3. The summed E-state index contributed by atoms with van der Waals surface area (Å²) in [5.74, 6) is -1.05. The average molecular weight is 287 g/mol. The molecular weight excluding hydrogens is 266 g/mol. The molecule has 0 bridgehead atoms. The summed E-state index contributed by atoms with van der Waals surface area (Å²) < 4.78 is 14.9. The predicted octanol–water partition coefficient (Wildman–Crippen LogP) is 0.754. The molecule has 1 rings (SSSR count). The summed E-state index contributed by atoms with van der Waals surface area (Å²) in [6.45, 7) is 5.90. The molecule has 7 heteroatoms. The van der Waals surface area contributed by atoms with Gasteiger partial charge in [0.2, 0.25) is 0 Å². The Bertz CT molecular complexity index is 387. The lowest BCUT2D eigenvalue weighted by Gasteiger charge is -2.35. The number of nitrogens with zero attached hydrogens (tertiary/aromatic N) is 1. The van der Waals surface area contributed by atoms with E-state index in [1.54, 1.807) is 20.8 Å². The second kappa shape index (κ2) is 6.69. The maximum Gasteiger partial charge on any atom is 0.411 e. The molecule has 114 valence electrons. The van der Waals surface area contributed by atoms with Gasteiger partial charge in [-0.25, -0.2) is 4.79 Å². The van der Waals surface area contributed by atoms with Gasteiger partial charge in [0.05, 0.1) is 20.3 Å². The van der Waals surface area contributed by atoms with Crippen LogP contribution in [0.2, 0.25) is 0 Å². The number of amides is 1. The maximum absolute atomic E-state index is 12.1. The molecule has 1 fully saturated rings. The van der Waals surface area contributed by atoms with Crippen molar-refractivity contribution in [3.05, 3.63) is 0 Å². The van der Waals surface area contributed by atoms with Crippen molar-refractivity contribution in [1.29, 1.82) is 0 Å². The highest BCUT2D eigenvalue weighted by molar-refractivity contribution is 5.99. The van der Waals surface area contributed by atoms with E-state index in [-0.39, 0.29) is 19.6 Å². The van der Waals surface area contributed by atoms with Crippen LogP contribution in [-0.2, 0) is 23.8 Å². The SMILES string of the molecule is COC(=O)CC(=O)C1COCCN1C(=O)OC(C)(C)C. The van der Waals surface area contributed by atoms with E-state index in [4.69, 9.17) is 9.47 Å². The zero-order valence-corrected chi connectivity index (χ0v) is 12.3. The molecule has 1 saturated heterocycles. The molecule has 0 aliphatic carbocycles. The molecule has 1 unspecified atom stereocenters. The Labute approximate surface area is 118 Å². The lowest BCUT2D eigenvalue weighted by molar-refractivity contribution is -0.146. The average Bonchev–Trinajstić information content (AvgIpc) is 2.36. The monoisotopic (exact) mass is 287 g/mol. The van der Waals surface area contributed by atoms with E-state index in [1.807, 2.05) is 0 Å². The van der Waals surface area contributed by atoms with Gasteiger partial charge in [-0.05, 0) is 20.8 Å². The van der Waals surface area contributed by atoms with Crippen LogP contribution in [0.3, 0.4) is 0 Å². The summed E-state index contributed by atoms with van der Waals surface area (Å²) in [6, 6.07) is -0.808. The van der Waals surface area contributed by atoms with Crippen molar-refractivity contribution in [1.82, 2.24) is 4.90 Å². The molecule has 20 heavy (non-hydrogen) atoms. The first-order valence-corrected chi connectivity index (χ1v) is 6.41. The van der Waals surface area contributed by atoms with Crippen LogP contribution in [0.25, 0.3) is 0 Å². The van der Waals surface area contributed by atoms with Gasteiger partial charge in [-0.1, -0.05) is 0 Å². The molecule has 0 N–H and O–H groups in total. The first kappa shape index (κ1) is 16.4.